The van der Waals surface area contributed by atoms with Crippen molar-refractivity contribution in [3.63, 3.8) is 0 Å². The van der Waals surface area contributed by atoms with E-state index in [4.69, 9.17) is 5.11 Å². The fourth-order valence-corrected chi connectivity index (χ4v) is 3.50. The van der Waals surface area contributed by atoms with Crippen molar-refractivity contribution in [3.8, 4) is 0 Å². The van der Waals surface area contributed by atoms with Crippen molar-refractivity contribution >= 4 is 29.7 Å². The van der Waals surface area contributed by atoms with E-state index in [1.807, 2.05) is 0 Å². The maximum Gasteiger partial charge on any atom is 0.327 e. The number of amides is 3. The average molecular weight is 301 g/mol. The van der Waals surface area contributed by atoms with E-state index in [0.717, 1.165) is 25.9 Å². The molecule has 2 saturated heterocycles. The molecule has 0 saturated carbocycles. The van der Waals surface area contributed by atoms with Gasteiger partial charge in [-0.3, -0.25) is 4.79 Å². The molecule has 0 bridgehead atoms. The molecule has 2 heterocycles. The number of hydrogen-bond donors (Lipinski definition) is 2. The Morgan fingerprint density at radius 3 is 2.60 bits per heavy atom. The van der Waals surface area contributed by atoms with Gasteiger partial charge in [0.05, 0.1) is 5.88 Å². The lowest BCUT2D eigenvalue weighted by molar-refractivity contribution is -0.140. The summed E-state index contributed by atoms with van der Waals surface area (Å²) in [4.78, 5) is 37.7. The molecule has 0 aromatic heterocycles. The fourth-order valence-electron chi connectivity index (χ4n) is 2.35. The Balaban J connectivity index is 1.72. The van der Waals surface area contributed by atoms with Crippen LogP contribution in [-0.4, -0.2) is 70.1 Å². The van der Waals surface area contributed by atoms with Gasteiger partial charge in [0.1, 0.15) is 6.04 Å². The number of carboxylic acids is 1. The van der Waals surface area contributed by atoms with Gasteiger partial charge in [0.15, 0.2) is 0 Å². The minimum atomic E-state index is -0.988. The maximum absolute atomic E-state index is 11.9. The van der Waals surface area contributed by atoms with Gasteiger partial charge in [-0.2, -0.15) is 0 Å². The van der Waals surface area contributed by atoms with Crippen molar-refractivity contribution in [2.24, 2.45) is 0 Å². The molecular formula is C12H19N3O4S. The van der Waals surface area contributed by atoms with Crippen molar-refractivity contribution < 1.29 is 19.5 Å². The second kappa shape index (κ2) is 6.83. The lowest BCUT2D eigenvalue weighted by Gasteiger charge is -2.21. The van der Waals surface area contributed by atoms with Crippen LogP contribution in [0.2, 0.25) is 0 Å². The summed E-state index contributed by atoms with van der Waals surface area (Å²) in [6.45, 7) is 1.86. The number of carboxylic acid groups (broad SMARTS) is 1. The summed E-state index contributed by atoms with van der Waals surface area (Å²) in [5.41, 5.74) is 0. The molecule has 0 aliphatic carbocycles. The van der Waals surface area contributed by atoms with Gasteiger partial charge in [0.25, 0.3) is 0 Å². The number of carbonyl (C=O) groups excluding carboxylic acids is 2. The largest absolute Gasteiger partial charge is 0.480 e. The topological polar surface area (TPSA) is 90.0 Å². The van der Waals surface area contributed by atoms with Gasteiger partial charge in [-0.25, -0.2) is 9.59 Å². The van der Waals surface area contributed by atoms with Crippen molar-refractivity contribution in [2.75, 3.05) is 31.3 Å². The van der Waals surface area contributed by atoms with E-state index in [9.17, 15) is 14.4 Å². The Hall–Kier alpha value is -1.44. The molecule has 112 valence electrons. The van der Waals surface area contributed by atoms with Crippen LogP contribution in [0, 0.1) is 0 Å². The summed E-state index contributed by atoms with van der Waals surface area (Å²) in [7, 11) is 0. The Morgan fingerprint density at radius 2 is 1.95 bits per heavy atom. The summed E-state index contributed by atoms with van der Waals surface area (Å²) >= 11 is 1.42. The van der Waals surface area contributed by atoms with Crippen LogP contribution in [0.3, 0.4) is 0 Å². The van der Waals surface area contributed by atoms with Crippen LogP contribution in [0.15, 0.2) is 0 Å². The number of carbonyl (C=O) groups is 3. The van der Waals surface area contributed by atoms with Gasteiger partial charge in [-0.1, -0.05) is 0 Å². The van der Waals surface area contributed by atoms with E-state index >= 15 is 0 Å². The zero-order chi connectivity index (χ0) is 14.5. The molecule has 0 aromatic rings. The monoisotopic (exact) mass is 301 g/mol. The second-order valence-corrected chi connectivity index (χ2v) is 5.89. The Kier molecular flexibility index (Phi) is 5.11. The first-order valence-electron chi connectivity index (χ1n) is 6.72. The van der Waals surface area contributed by atoms with Gasteiger partial charge in [0.2, 0.25) is 5.91 Å². The first-order chi connectivity index (χ1) is 9.59. The molecule has 7 nitrogen and oxygen atoms in total. The Morgan fingerprint density at radius 1 is 1.25 bits per heavy atom. The molecular weight excluding hydrogens is 282 g/mol. The first-order valence-corrected chi connectivity index (χ1v) is 7.88. The van der Waals surface area contributed by atoms with E-state index in [-0.39, 0.29) is 18.9 Å². The molecule has 2 N–H and O–H groups in total. The number of likely N-dealkylation sites (tertiary alicyclic amines) is 1. The van der Waals surface area contributed by atoms with Crippen molar-refractivity contribution in [1.29, 1.82) is 0 Å². The number of hydrogen-bond acceptors (Lipinski definition) is 4. The fraction of sp³-hybridized carbons (Fsp3) is 0.750. The molecule has 20 heavy (non-hydrogen) atoms. The molecule has 2 aliphatic heterocycles. The van der Waals surface area contributed by atoms with Crippen LogP contribution in [-0.2, 0) is 9.59 Å². The highest BCUT2D eigenvalue weighted by Crippen LogP contribution is 2.20. The van der Waals surface area contributed by atoms with Gasteiger partial charge in [0, 0.05) is 31.8 Å². The predicted octanol–water partition coefficient (Wildman–Crippen LogP) is 0.168. The van der Waals surface area contributed by atoms with Crippen molar-refractivity contribution in [3.05, 3.63) is 0 Å². The Labute approximate surface area is 121 Å². The summed E-state index contributed by atoms with van der Waals surface area (Å²) < 4.78 is 0. The molecule has 8 heteroatoms. The molecule has 2 aliphatic rings. The van der Waals surface area contributed by atoms with E-state index in [1.54, 1.807) is 4.90 Å². The van der Waals surface area contributed by atoms with Gasteiger partial charge < -0.3 is 20.2 Å². The molecule has 0 unspecified atom stereocenters. The SMILES string of the molecule is O=C(O)[C@@H]1CSCN1C(=O)NCCC(=O)N1CCCC1. The van der Waals surface area contributed by atoms with Crippen molar-refractivity contribution in [1.82, 2.24) is 15.1 Å². The van der Waals surface area contributed by atoms with Crippen LogP contribution >= 0.6 is 11.8 Å². The Bertz CT molecular complexity index is 398. The van der Waals surface area contributed by atoms with Crippen LogP contribution in [0.5, 0.6) is 0 Å². The first kappa shape index (κ1) is 15.0. The van der Waals surface area contributed by atoms with Gasteiger partial charge in [-0.05, 0) is 12.8 Å². The highest BCUT2D eigenvalue weighted by atomic mass is 32.2. The molecule has 0 aromatic carbocycles. The van der Waals surface area contributed by atoms with Crippen molar-refractivity contribution in [2.45, 2.75) is 25.3 Å². The van der Waals surface area contributed by atoms with Crippen LogP contribution in [0.1, 0.15) is 19.3 Å². The summed E-state index contributed by atoms with van der Waals surface area (Å²) in [6, 6.07) is -1.18. The molecule has 2 fully saturated rings. The maximum atomic E-state index is 11.9. The zero-order valence-electron chi connectivity index (χ0n) is 11.2. The van der Waals surface area contributed by atoms with Crippen LogP contribution in [0.4, 0.5) is 4.79 Å². The van der Waals surface area contributed by atoms with E-state index < -0.39 is 18.0 Å². The van der Waals surface area contributed by atoms with Crippen LogP contribution < -0.4 is 5.32 Å². The lowest BCUT2D eigenvalue weighted by atomic mass is 10.3. The third-order valence-corrected chi connectivity index (χ3v) is 4.51. The lowest BCUT2D eigenvalue weighted by Crippen LogP contribution is -2.47. The minimum Gasteiger partial charge on any atom is -0.480 e. The van der Waals surface area contributed by atoms with E-state index in [2.05, 4.69) is 5.32 Å². The van der Waals surface area contributed by atoms with Gasteiger partial charge in [-0.15, -0.1) is 11.8 Å². The van der Waals surface area contributed by atoms with Gasteiger partial charge >= 0.3 is 12.0 Å². The van der Waals surface area contributed by atoms with Crippen LogP contribution in [0.25, 0.3) is 0 Å². The highest BCUT2D eigenvalue weighted by molar-refractivity contribution is 7.99. The third kappa shape index (κ3) is 3.56. The number of nitrogens with zero attached hydrogens (tertiary/aromatic N) is 2. The summed E-state index contributed by atoms with van der Waals surface area (Å²) in [5.74, 6) is -0.148. The predicted molar refractivity (Wildman–Crippen MR) is 74.4 cm³/mol. The molecule has 2 rings (SSSR count). The number of aliphatic carboxylic acids is 1. The molecule has 0 radical (unpaired) electrons. The zero-order valence-corrected chi connectivity index (χ0v) is 12.0. The standard InChI is InChI=1S/C12H19N3O4S/c16-10(14-5-1-2-6-14)3-4-13-12(19)15-8-20-7-9(15)11(17)18/h9H,1-8H2,(H,13,19)(H,17,18)/t9-/m0/s1. The second-order valence-electron chi connectivity index (χ2n) is 4.89. The number of rotatable bonds is 4. The molecule has 3 amide bonds. The molecule has 0 spiro atoms. The average Bonchev–Trinajstić information content (AvgIpc) is 3.09. The third-order valence-electron chi connectivity index (χ3n) is 3.50. The smallest absolute Gasteiger partial charge is 0.327 e. The highest BCUT2D eigenvalue weighted by Gasteiger charge is 2.34. The molecule has 1 atom stereocenters. The number of nitrogens with one attached hydrogen (secondary N) is 1. The minimum absolute atomic E-state index is 0.0494. The number of thioether (sulfide) groups is 1. The van der Waals surface area contributed by atoms with E-state index in [0.29, 0.717) is 11.6 Å². The quantitative estimate of drug-likeness (QED) is 0.772. The van der Waals surface area contributed by atoms with E-state index in [1.165, 1.54) is 16.7 Å². The summed E-state index contributed by atoms with van der Waals surface area (Å²) in [5, 5.41) is 11.6. The normalized spacial score (nSPS) is 22.1. The number of urea groups is 1. The summed E-state index contributed by atoms with van der Waals surface area (Å²) in [6.07, 6.45) is 2.36.